The minimum absolute atomic E-state index is 0.111. The van der Waals surface area contributed by atoms with Gasteiger partial charge in [-0.25, -0.2) is 0 Å². The number of ketones is 1. The molecule has 4 heteroatoms. The molecular formula is C32H43N3O. The highest BCUT2D eigenvalue weighted by Gasteiger charge is 2.41. The fourth-order valence-corrected chi connectivity index (χ4v) is 5.24. The molecule has 0 spiro atoms. The van der Waals surface area contributed by atoms with Crippen molar-refractivity contribution in [1.82, 2.24) is 15.6 Å². The lowest BCUT2D eigenvalue weighted by Crippen LogP contribution is -2.40. The van der Waals surface area contributed by atoms with Crippen molar-refractivity contribution in [2.75, 3.05) is 13.1 Å². The first-order chi connectivity index (χ1) is 17.4. The van der Waals surface area contributed by atoms with E-state index in [1.807, 2.05) is 18.2 Å². The van der Waals surface area contributed by atoms with E-state index in [0.717, 1.165) is 38.8 Å². The van der Waals surface area contributed by atoms with E-state index in [0.29, 0.717) is 24.1 Å². The van der Waals surface area contributed by atoms with E-state index >= 15 is 0 Å². The highest BCUT2D eigenvalue weighted by Crippen LogP contribution is 2.44. The molecule has 4 nitrogen and oxygen atoms in total. The quantitative estimate of drug-likeness (QED) is 0.134. The van der Waals surface area contributed by atoms with Crippen molar-refractivity contribution in [3.8, 4) is 0 Å². The maximum Gasteiger partial charge on any atom is 0.178 e. The van der Waals surface area contributed by atoms with Gasteiger partial charge in [0.15, 0.2) is 5.78 Å². The molecule has 3 rings (SSSR count). The van der Waals surface area contributed by atoms with Crippen LogP contribution in [0.1, 0.15) is 74.4 Å². The fraction of sp³-hybridized carbons (Fsp3) is 0.438. The van der Waals surface area contributed by atoms with Crippen LogP contribution in [0.5, 0.6) is 0 Å². The Bertz CT molecular complexity index is 1040. The number of aromatic nitrogens is 1. The number of nitrogens with one attached hydrogen (secondary N) is 2. The Morgan fingerprint density at radius 2 is 2.06 bits per heavy atom. The van der Waals surface area contributed by atoms with Crippen molar-refractivity contribution in [3.63, 3.8) is 0 Å². The van der Waals surface area contributed by atoms with Gasteiger partial charge in [0.25, 0.3) is 0 Å². The van der Waals surface area contributed by atoms with Crippen molar-refractivity contribution >= 4 is 11.4 Å². The molecule has 2 atom stereocenters. The molecule has 1 saturated carbocycles. The molecule has 1 fully saturated rings. The number of pyridine rings is 1. The fourth-order valence-electron chi connectivity index (χ4n) is 5.24. The van der Waals surface area contributed by atoms with Gasteiger partial charge in [0, 0.05) is 30.5 Å². The standard InChI is InChI=1S/C32H43N3O/c1-5-7-12-26(13-8-6-2)27-14-9-11-25(21-27)22-34-20-17-29-30(16-18-32(29,3)4)35-24-31(36)28-15-10-19-33-23-28/h5,8-15,19,21,23,29-30,34-35H,1,6-7,16-18,20,22,24H2,2-4H3/b13-8-,26-12+/t29?,30-/m0/s1. The third-order valence-corrected chi connectivity index (χ3v) is 7.36. The first-order valence-corrected chi connectivity index (χ1v) is 13.4. The van der Waals surface area contributed by atoms with E-state index in [9.17, 15) is 4.79 Å². The summed E-state index contributed by atoms with van der Waals surface area (Å²) >= 11 is 0. The van der Waals surface area contributed by atoms with Gasteiger partial charge in [-0.2, -0.15) is 0 Å². The number of carbonyl (C=O) groups is 1. The third-order valence-electron chi connectivity index (χ3n) is 7.36. The number of hydrogen-bond donors (Lipinski definition) is 2. The molecule has 36 heavy (non-hydrogen) atoms. The largest absolute Gasteiger partial charge is 0.313 e. The average Bonchev–Trinajstić information content (AvgIpc) is 3.18. The summed E-state index contributed by atoms with van der Waals surface area (Å²) in [6, 6.07) is 12.8. The van der Waals surface area contributed by atoms with Gasteiger partial charge < -0.3 is 10.6 Å². The van der Waals surface area contributed by atoms with Crippen LogP contribution in [0, 0.1) is 11.3 Å². The molecule has 1 aromatic heterocycles. The van der Waals surface area contributed by atoms with Crippen LogP contribution in [0.3, 0.4) is 0 Å². The van der Waals surface area contributed by atoms with E-state index in [2.05, 4.69) is 85.5 Å². The number of benzene rings is 1. The highest BCUT2D eigenvalue weighted by molar-refractivity contribution is 5.97. The van der Waals surface area contributed by atoms with Gasteiger partial charge in [-0.3, -0.25) is 9.78 Å². The summed E-state index contributed by atoms with van der Waals surface area (Å²) in [7, 11) is 0. The average molecular weight is 486 g/mol. The lowest BCUT2D eigenvalue weighted by atomic mass is 9.78. The molecule has 0 saturated heterocycles. The third kappa shape index (κ3) is 8.11. The predicted octanol–water partition coefficient (Wildman–Crippen LogP) is 6.76. The number of rotatable bonds is 14. The molecule has 2 N–H and O–H groups in total. The molecule has 1 heterocycles. The van der Waals surface area contributed by atoms with E-state index in [-0.39, 0.29) is 11.2 Å². The predicted molar refractivity (Wildman–Crippen MR) is 152 cm³/mol. The second-order valence-electron chi connectivity index (χ2n) is 10.4. The SMILES string of the molecule is C=CC/C=C(\C=C/CC)c1cccc(CNCCC2[C@@H](NCC(=O)c3cccnc3)CCC2(C)C)c1. The van der Waals surface area contributed by atoms with Gasteiger partial charge in [0.2, 0.25) is 0 Å². The van der Waals surface area contributed by atoms with Crippen molar-refractivity contribution in [3.05, 3.63) is 96.4 Å². The smallest absolute Gasteiger partial charge is 0.178 e. The van der Waals surface area contributed by atoms with E-state index in [1.165, 1.54) is 23.1 Å². The Morgan fingerprint density at radius 1 is 1.22 bits per heavy atom. The summed E-state index contributed by atoms with van der Waals surface area (Å²) in [5.41, 5.74) is 4.74. The van der Waals surface area contributed by atoms with E-state index in [4.69, 9.17) is 0 Å². The first kappa shape index (κ1) is 27.8. The Morgan fingerprint density at radius 3 is 2.81 bits per heavy atom. The first-order valence-electron chi connectivity index (χ1n) is 13.4. The van der Waals surface area contributed by atoms with Crippen LogP contribution in [0.2, 0.25) is 0 Å². The highest BCUT2D eigenvalue weighted by atomic mass is 16.1. The zero-order chi connectivity index (χ0) is 25.8. The van der Waals surface area contributed by atoms with Crippen LogP contribution in [0.4, 0.5) is 0 Å². The number of allylic oxidation sites excluding steroid dienone is 5. The van der Waals surface area contributed by atoms with Crippen LogP contribution in [0.25, 0.3) is 5.57 Å². The van der Waals surface area contributed by atoms with Gasteiger partial charge >= 0.3 is 0 Å². The van der Waals surface area contributed by atoms with Crippen LogP contribution in [0.15, 0.2) is 79.7 Å². The maximum atomic E-state index is 12.6. The van der Waals surface area contributed by atoms with Crippen molar-refractivity contribution in [1.29, 1.82) is 0 Å². The Hall–Kier alpha value is -2.82. The monoisotopic (exact) mass is 485 g/mol. The normalized spacial score (nSPS) is 19.6. The molecule has 1 unspecified atom stereocenters. The summed E-state index contributed by atoms with van der Waals surface area (Å²) in [4.78, 5) is 16.6. The van der Waals surface area contributed by atoms with Gasteiger partial charge in [0.1, 0.15) is 0 Å². The van der Waals surface area contributed by atoms with Gasteiger partial charge in [-0.1, -0.05) is 63.3 Å². The zero-order valence-electron chi connectivity index (χ0n) is 22.3. The van der Waals surface area contributed by atoms with Crippen molar-refractivity contribution < 1.29 is 4.79 Å². The maximum absolute atomic E-state index is 12.6. The van der Waals surface area contributed by atoms with Gasteiger partial charge in [0.05, 0.1) is 6.54 Å². The number of Topliss-reactive ketones (excluding diaryl/α,β-unsaturated/α-hetero) is 1. The number of carbonyl (C=O) groups excluding carboxylic acids is 1. The summed E-state index contributed by atoms with van der Waals surface area (Å²) in [5.74, 6) is 0.644. The lowest BCUT2D eigenvalue weighted by molar-refractivity contribution is 0.0980. The molecule has 1 aliphatic rings. The van der Waals surface area contributed by atoms with Crippen LogP contribution < -0.4 is 10.6 Å². The summed E-state index contributed by atoms with van der Waals surface area (Å²) in [6.45, 7) is 12.9. The molecule has 1 aromatic carbocycles. The molecular weight excluding hydrogens is 442 g/mol. The van der Waals surface area contributed by atoms with Gasteiger partial charge in [-0.05, 0) is 84.9 Å². The number of hydrogen-bond acceptors (Lipinski definition) is 4. The molecule has 1 aliphatic carbocycles. The molecule has 2 aromatic rings. The Labute approximate surface area is 218 Å². The van der Waals surface area contributed by atoms with Crippen molar-refractivity contribution in [2.24, 2.45) is 11.3 Å². The zero-order valence-corrected chi connectivity index (χ0v) is 22.3. The summed E-state index contributed by atoms with van der Waals surface area (Å²) < 4.78 is 0. The molecule has 0 radical (unpaired) electrons. The summed E-state index contributed by atoms with van der Waals surface area (Å²) in [6.07, 6.45) is 17.2. The van der Waals surface area contributed by atoms with E-state index < -0.39 is 0 Å². The second-order valence-corrected chi connectivity index (χ2v) is 10.4. The van der Waals surface area contributed by atoms with Gasteiger partial charge in [-0.15, -0.1) is 6.58 Å². The minimum Gasteiger partial charge on any atom is -0.313 e. The number of nitrogens with zero attached hydrogens (tertiary/aromatic N) is 1. The lowest BCUT2D eigenvalue weighted by Gasteiger charge is -2.31. The van der Waals surface area contributed by atoms with Crippen LogP contribution in [-0.2, 0) is 6.54 Å². The molecule has 0 bridgehead atoms. The molecule has 0 amide bonds. The topological polar surface area (TPSA) is 54.0 Å². The van der Waals surface area contributed by atoms with E-state index in [1.54, 1.807) is 12.4 Å². The van der Waals surface area contributed by atoms with Crippen molar-refractivity contribution in [2.45, 2.75) is 65.5 Å². The summed E-state index contributed by atoms with van der Waals surface area (Å²) in [5, 5.41) is 7.25. The molecule has 192 valence electrons. The molecule has 0 aliphatic heterocycles. The van der Waals surface area contributed by atoms with Crippen LogP contribution in [-0.4, -0.2) is 29.9 Å². The second kappa shape index (κ2) is 14.1. The minimum atomic E-state index is 0.111. The van der Waals surface area contributed by atoms with Crippen LogP contribution >= 0.6 is 0 Å². The Balaban J connectivity index is 1.53. The Kier molecular flexibility index (Phi) is 10.8.